The zero-order valence-electron chi connectivity index (χ0n) is 9.22. The van der Waals surface area contributed by atoms with E-state index in [-0.39, 0.29) is 16.9 Å². The van der Waals surface area contributed by atoms with Gasteiger partial charge in [0.2, 0.25) is 0 Å². The molecule has 0 unspecified atom stereocenters. The van der Waals surface area contributed by atoms with Crippen LogP contribution in [0, 0.1) is 0 Å². The lowest BCUT2D eigenvalue weighted by Gasteiger charge is -2.07. The largest absolute Gasteiger partial charge is 0.478 e. The minimum atomic E-state index is -1.30. The van der Waals surface area contributed by atoms with E-state index in [2.05, 4.69) is 4.74 Å². The molecule has 0 radical (unpaired) electrons. The molecule has 0 saturated heterocycles. The second-order valence-corrected chi connectivity index (χ2v) is 3.10. The van der Waals surface area contributed by atoms with Crippen molar-refractivity contribution in [3.05, 3.63) is 29.3 Å². The summed E-state index contributed by atoms with van der Waals surface area (Å²) in [6.07, 6.45) is 0. The summed E-state index contributed by atoms with van der Waals surface area (Å²) < 4.78 is 9.16. The number of aromatic carboxylic acids is 1. The molecule has 90 valence electrons. The van der Waals surface area contributed by atoms with Crippen molar-refractivity contribution in [3.8, 4) is 5.75 Å². The van der Waals surface area contributed by atoms with Crippen LogP contribution in [0.2, 0.25) is 0 Å². The topological polar surface area (TPSA) is 89.9 Å². The van der Waals surface area contributed by atoms with E-state index in [1.54, 1.807) is 0 Å². The number of esters is 2. The van der Waals surface area contributed by atoms with Gasteiger partial charge in [-0.3, -0.25) is 4.79 Å². The van der Waals surface area contributed by atoms with E-state index in [0.717, 1.165) is 13.0 Å². The SMILES string of the molecule is COC(=O)c1ccc(OC(C)=O)c(C(=O)O)c1. The van der Waals surface area contributed by atoms with Crippen LogP contribution < -0.4 is 4.74 Å². The maximum absolute atomic E-state index is 11.2. The molecule has 0 saturated carbocycles. The fourth-order valence-corrected chi connectivity index (χ4v) is 1.19. The van der Waals surface area contributed by atoms with Gasteiger partial charge < -0.3 is 14.6 Å². The summed E-state index contributed by atoms with van der Waals surface area (Å²) in [7, 11) is 1.18. The van der Waals surface area contributed by atoms with E-state index in [1.807, 2.05) is 0 Å². The molecule has 0 atom stereocenters. The third kappa shape index (κ3) is 3.04. The first-order valence-corrected chi connectivity index (χ1v) is 4.59. The molecule has 0 heterocycles. The quantitative estimate of drug-likeness (QED) is 0.626. The highest BCUT2D eigenvalue weighted by Crippen LogP contribution is 2.21. The van der Waals surface area contributed by atoms with Crippen LogP contribution >= 0.6 is 0 Å². The molecule has 0 aliphatic heterocycles. The number of ether oxygens (including phenoxy) is 2. The lowest BCUT2D eigenvalue weighted by atomic mass is 10.1. The predicted molar refractivity (Wildman–Crippen MR) is 56.0 cm³/mol. The number of benzene rings is 1. The maximum Gasteiger partial charge on any atom is 0.339 e. The molecule has 0 amide bonds. The normalized spacial score (nSPS) is 9.53. The first-order chi connectivity index (χ1) is 7.95. The number of carboxylic acid groups (broad SMARTS) is 1. The molecule has 0 spiro atoms. The number of rotatable bonds is 3. The van der Waals surface area contributed by atoms with Gasteiger partial charge in [-0.05, 0) is 18.2 Å². The van der Waals surface area contributed by atoms with Gasteiger partial charge in [0, 0.05) is 6.92 Å². The van der Waals surface area contributed by atoms with Gasteiger partial charge >= 0.3 is 17.9 Å². The molecule has 1 N–H and O–H groups in total. The molecule has 0 aromatic heterocycles. The summed E-state index contributed by atoms with van der Waals surface area (Å²) in [4.78, 5) is 32.9. The summed E-state index contributed by atoms with van der Waals surface area (Å²) >= 11 is 0. The number of methoxy groups -OCH3 is 1. The highest BCUT2D eigenvalue weighted by molar-refractivity contribution is 5.97. The third-order valence-corrected chi connectivity index (χ3v) is 1.88. The molecule has 1 aromatic rings. The number of carbonyl (C=O) groups excluding carboxylic acids is 2. The zero-order chi connectivity index (χ0) is 13.0. The number of hydrogen-bond donors (Lipinski definition) is 1. The van der Waals surface area contributed by atoms with Crippen LogP contribution in [0.3, 0.4) is 0 Å². The monoisotopic (exact) mass is 238 g/mol. The molecule has 0 aliphatic carbocycles. The predicted octanol–water partition coefficient (Wildman–Crippen LogP) is 1.10. The fraction of sp³-hybridized carbons (Fsp3) is 0.182. The Balaban J connectivity index is 3.21. The molecule has 1 rings (SSSR count). The number of hydrogen-bond acceptors (Lipinski definition) is 5. The van der Waals surface area contributed by atoms with E-state index in [9.17, 15) is 14.4 Å². The lowest BCUT2D eigenvalue weighted by molar-refractivity contribution is -0.131. The molecule has 6 heteroatoms. The third-order valence-electron chi connectivity index (χ3n) is 1.88. The van der Waals surface area contributed by atoms with Gasteiger partial charge in [-0.15, -0.1) is 0 Å². The van der Waals surface area contributed by atoms with Crippen molar-refractivity contribution in [3.63, 3.8) is 0 Å². The number of carboxylic acids is 1. The van der Waals surface area contributed by atoms with E-state index in [0.29, 0.717) is 0 Å². The average molecular weight is 238 g/mol. The number of carbonyl (C=O) groups is 3. The van der Waals surface area contributed by atoms with E-state index < -0.39 is 17.9 Å². The highest BCUT2D eigenvalue weighted by atomic mass is 16.5. The van der Waals surface area contributed by atoms with E-state index in [1.165, 1.54) is 19.2 Å². The zero-order valence-corrected chi connectivity index (χ0v) is 9.22. The minimum absolute atomic E-state index is 0.0702. The van der Waals surface area contributed by atoms with Crippen LogP contribution in [0.15, 0.2) is 18.2 Å². The second-order valence-electron chi connectivity index (χ2n) is 3.10. The van der Waals surface area contributed by atoms with Gasteiger partial charge in [-0.25, -0.2) is 9.59 Å². The van der Waals surface area contributed by atoms with Crippen molar-refractivity contribution >= 4 is 17.9 Å². The van der Waals surface area contributed by atoms with Crippen molar-refractivity contribution < 1.29 is 29.0 Å². The first kappa shape index (κ1) is 12.7. The summed E-state index contributed by atoms with van der Waals surface area (Å²) in [5.74, 6) is -2.72. The fourth-order valence-electron chi connectivity index (χ4n) is 1.19. The van der Waals surface area contributed by atoms with Crippen LogP contribution in [0.1, 0.15) is 27.6 Å². The minimum Gasteiger partial charge on any atom is -0.478 e. The molecule has 1 aromatic carbocycles. The average Bonchev–Trinajstić information content (AvgIpc) is 2.27. The Morgan fingerprint density at radius 2 is 1.88 bits per heavy atom. The molecule has 0 aliphatic rings. The Morgan fingerprint density at radius 1 is 1.24 bits per heavy atom. The maximum atomic E-state index is 11.2. The van der Waals surface area contributed by atoms with Crippen LogP contribution in [0.25, 0.3) is 0 Å². The van der Waals surface area contributed by atoms with Crippen molar-refractivity contribution in [1.29, 1.82) is 0 Å². The summed E-state index contributed by atoms with van der Waals surface area (Å²) in [5.41, 5.74) is -0.205. The van der Waals surface area contributed by atoms with Gasteiger partial charge in [0.15, 0.2) is 0 Å². The Hall–Kier alpha value is -2.37. The van der Waals surface area contributed by atoms with Crippen LogP contribution in [0.4, 0.5) is 0 Å². The Morgan fingerprint density at radius 3 is 2.35 bits per heavy atom. The summed E-state index contributed by atoms with van der Waals surface area (Å²) in [6, 6.07) is 3.64. The highest BCUT2D eigenvalue weighted by Gasteiger charge is 2.16. The van der Waals surface area contributed by atoms with Crippen molar-refractivity contribution in [2.24, 2.45) is 0 Å². The summed E-state index contributed by atoms with van der Waals surface area (Å²) in [5, 5.41) is 8.91. The smallest absolute Gasteiger partial charge is 0.339 e. The first-order valence-electron chi connectivity index (χ1n) is 4.59. The molecule has 6 nitrogen and oxygen atoms in total. The van der Waals surface area contributed by atoms with Gasteiger partial charge in [-0.1, -0.05) is 0 Å². The van der Waals surface area contributed by atoms with Crippen LogP contribution in [-0.4, -0.2) is 30.1 Å². The Labute approximate surface area is 96.8 Å². The van der Waals surface area contributed by atoms with Crippen LogP contribution in [-0.2, 0) is 9.53 Å². The van der Waals surface area contributed by atoms with Gasteiger partial charge in [-0.2, -0.15) is 0 Å². The molecule has 0 bridgehead atoms. The summed E-state index contributed by atoms with van der Waals surface area (Å²) in [6.45, 7) is 1.15. The molecule has 17 heavy (non-hydrogen) atoms. The Kier molecular flexibility index (Phi) is 3.82. The van der Waals surface area contributed by atoms with Crippen LogP contribution in [0.5, 0.6) is 5.75 Å². The van der Waals surface area contributed by atoms with Crippen molar-refractivity contribution in [2.75, 3.05) is 7.11 Å². The molecule has 0 fully saturated rings. The van der Waals surface area contributed by atoms with Crippen molar-refractivity contribution in [1.82, 2.24) is 0 Å². The van der Waals surface area contributed by atoms with E-state index >= 15 is 0 Å². The standard InChI is InChI=1S/C11H10O6/c1-6(12)17-9-4-3-7(11(15)16-2)5-8(9)10(13)14/h3-5H,1-2H3,(H,13,14). The van der Waals surface area contributed by atoms with Gasteiger partial charge in [0.1, 0.15) is 11.3 Å². The second kappa shape index (κ2) is 5.11. The molecular weight excluding hydrogens is 228 g/mol. The van der Waals surface area contributed by atoms with E-state index in [4.69, 9.17) is 9.84 Å². The Bertz CT molecular complexity index is 477. The van der Waals surface area contributed by atoms with Gasteiger partial charge in [0.05, 0.1) is 12.7 Å². The lowest BCUT2D eigenvalue weighted by Crippen LogP contribution is -2.09. The van der Waals surface area contributed by atoms with Crippen molar-refractivity contribution in [2.45, 2.75) is 6.92 Å². The molecular formula is C11H10O6. The van der Waals surface area contributed by atoms with Gasteiger partial charge in [0.25, 0.3) is 0 Å².